The molecule has 0 saturated carbocycles. The molecule has 0 aliphatic rings. The number of hydrogen-bond donors (Lipinski definition) is 2. The van der Waals surface area contributed by atoms with Crippen molar-refractivity contribution in [3.05, 3.63) is 54.1 Å². The second-order valence-corrected chi connectivity index (χ2v) is 9.19. The highest BCUT2D eigenvalue weighted by Gasteiger charge is 2.19. The molecule has 0 aliphatic carbocycles. The molecular weight excluding hydrogens is 426 g/mol. The lowest BCUT2D eigenvalue weighted by Gasteiger charge is -2.20. The highest BCUT2D eigenvalue weighted by atomic mass is 32.2. The molecule has 3 amide bonds. The topological polar surface area (TPSA) is 98.1 Å². The summed E-state index contributed by atoms with van der Waals surface area (Å²) < 4.78 is 7.14. The number of urea groups is 1. The number of carbonyl (C=O) groups is 2. The lowest BCUT2D eigenvalue weighted by Crippen LogP contribution is -2.48. The number of aromatic nitrogens is 3. The zero-order valence-corrected chi connectivity index (χ0v) is 19.6. The minimum absolute atomic E-state index is 0.0180. The van der Waals surface area contributed by atoms with Gasteiger partial charge in [-0.05, 0) is 64.1 Å². The minimum Gasteiger partial charge on any atom is -0.497 e. The molecule has 2 aromatic carbocycles. The van der Waals surface area contributed by atoms with E-state index in [1.807, 2.05) is 80.8 Å². The molecule has 32 heavy (non-hydrogen) atoms. The Hall–Kier alpha value is -3.33. The van der Waals surface area contributed by atoms with Crippen LogP contribution in [0.2, 0.25) is 0 Å². The normalized spacial score (nSPS) is 11.2. The fourth-order valence-electron chi connectivity index (χ4n) is 2.88. The number of nitrogens with one attached hydrogen (secondary N) is 2. The van der Waals surface area contributed by atoms with Gasteiger partial charge in [0, 0.05) is 16.8 Å². The zero-order valence-electron chi connectivity index (χ0n) is 18.8. The number of aryl methyl sites for hydroxylation is 1. The third kappa shape index (κ3) is 6.10. The lowest BCUT2D eigenvalue weighted by molar-refractivity contribution is -0.117. The van der Waals surface area contributed by atoms with Crippen LogP contribution in [0, 0.1) is 6.92 Å². The molecule has 0 spiro atoms. The van der Waals surface area contributed by atoms with Crippen molar-refractivity contribution >= 4 is 23.7 Å². The van der Waals surface area contributed by atoms with E-state index in [-0.39, 0.29) is 5.75 Å². The van der Waals surface area contributed by atoms with Crippen molar-refractivity contribution in [2.75, 3.05) is 12.9 Å². The molecule has 9 heteroatoms. The van der Waals surface area contributed by atoms with Crippen molar-refractivity contribution < 1.29 is 14.3 Å². The fraction of sp³-hybridized carbons (Fsp3) is 0.304. The van der Waals surface area contributed by atoms with Crippen LogP contribution >= 0.6 is 11.8 Å². The summed E-state index contributed by atoms with van der Waals surface area (Å²) in [6, 6.07) is 15.0. The van der Waals surface area contributed by atoms with Crippen molar-refractivity contribution in [1.82, 2.24) is 25.4 Å². The van der Waals surface area contributed by atoms with Crippen LogP contribution in [0.4, 0.5) is 4.79 Å². The number of hydrogen-bond acceptors (Lipinski definition) is 6. The summed E-state index contributed by atoms with van der Waals surface area (Å²) in [4.78, 5) is 24.2. The Morgan fingerprint density at radius 2 is 1.69 bits per heavy atom. The first-order valence-corrected chi connectivity index (χ1v) is 11.1. The van der Waals surface area contributed by atoms with Crippen LogP contribution in [0.5, 0.6) is 5.75 Å². The molecule has 0 bridgehead atoms. The van der Waals surface area contributed by atoms with Gasteiger partial charge in [-0.1, -0.05) is 29.5 Å². The van der Waals surface area contributed by atoms with E-state index in [9.17, 15) is 9.59 Å². The van der Waals surface area contributed by atoms with Crippen molar-refractivity contribution in [1.29, 1.82) is 0 Å². The van der Waals surface area contributed by atoms with E-state index in [1.165, 1.54) is 11.8 Å². The fourth-order valence-corrected chi connectivity index (χ4v) is 3.63. The first-order chi connectivity index (χ1) is 15.2. The Bertz CT molecular complexity index is 1090. The number of ether oxygens (including phenoxy) is 1. The van der Waals surface area contributed by atoms with Crippen LogP contribution in [-0.4, -0.2) is 45.1 Å². The van der Waals surface area contributed by atoms with Crippen LogP contribution in [-0.2, 0) is 4.79 Å². The smallest absolute Gasteiger partial charge is 0.321 e. The average molecular weight is 454 g/mol. The van der Waals surface area contributed by atoms with Gasteiger partial charge < -0.3 is 10.1 Å². The number of benzene rings is 2. The molecule has 0 unspecified atom stereocenters. The second-order valence-electron chi connectivity index (χ2n) is 8.25. The molecule has 0 saturated heterocycles. The SMILES string of the molecule is COc1ccc(-c2nnc(SCC(=O)NC(=O)NC(C)(C)C)n2-c2ccc(C)cc2)cc1. The number of amides is 3. The van der Waals surface area contributed by atoms with E-state index >= 15 is 0 Å². The van der Waals surface area contributed by atoms with E-state index in [2.05, 4.69) is 20.8 Å². The van der Waals surface area contributed by atoms with Gasteiger partial charge in [0.05, 0.1) is 12.9 Å². The summed E-state index contributed by atoms with van der Waals surface area (Å²) in [6.07, 6.45) is 0. The largest absolute Gasteiger partial charge is 0.497 e. The number of thioether (sulfide) groups is 1. The third-order valence-corrected chi connectivity index (χ3v) is 5.28. The van der Waals surface area contributed by atoms with Gasteiger partial charge in [0.15, 0.2) is 11.0 Å². The second kappa shape index (κ2) is 9.86. The van der Waals surface area contributed by atoms with Crippen LogP contribution in [0.1, 0.15) is 26.3 Å². The van der Waals surface area contributed by atoms with E-state index in [0.717, 1.165) is 22.6 Å². The highest BCUT2D eigenvalue weighted by molar-refractivity contribution is 7.99. The number of rotatable bonds is 6. The predicted molar refractivity (Wildman–Crippen MR) is 125 cm³/mol. The number of nitrogens with zero attached hydrogens (tertiary/aromatic N) is 3. The Balaban J connectivity index is 1.84. The minimum atomic E-state index is -0.526. The van der Waals surface area contributed by atoms with Crippen LogP contribution in [0.3, 0.4) is 0 Å². The summed E-state index contributed by atoms with van der Waals surface area (Å²) >= 11 is 1.21. The number of methoxy groups -OCH3 is 1. The molecule has 168 valence electrons. The maximum Gasteiger partial charge on any atom is 0.321 e. The molecule has 8 nitrogen and oxygen atoms in total. The molecule has 0 radical (unpaired) electrons. The molecule has 3 aromatic rings. The van der Waals surface area contributed by atoms with Gasteiger partial charge in [-0.2, -0.15) is 0 Å². The highest BCUT2D eigenvalue weighted by Crippen LogP contribution is 2.29. The van der Waals surface area contributed by atoms with Crippen LogP contribution < -0.4 is 15.4 Å². The Morgan fingerprint density at radius 3 is 2.28 bits per heavy atom. The number of imide groups is 1. The van der Waals surface area contributed by atoms with Gasteiger partial charge in [-0.15, -0.1) is 10.2 Å². The van der Waals surface area contributed by atoms with E-state index in [0.29, 0.717) is 11.0 Å². The molecular formula is C23H27N5O3S. The van der Waals surface area contributed by atoms with Crippen LogP contribution in [0.15, 0.2) is 53.7 Å². The van der Waals surface area contributed by atoms with Gasteiger partial charge in [0.2, 0.25) is 5.91 Å². The zero-order chi connectivity index (χ0) is 23.3. The summed E-state index contributed by atoms with van der Waals surface area (Å²) in [5.74, 6) is 0.991. The van der Waals surface area contributed by atoms with Gasteiger partial charge >= 0.3 is 6.03 Å². The maximum absolute atomic E-state index is 12.3. The average Bonchev–Trinajstić information content (AvgIpc) is 3.15. The summed E-state index contributed by atoms with van der Waals surface area (Å²) in [5, 5.41) is 14.3. The van der Waals surface area contributed by atoms with Gasteiger partial charge in [-0.3, -0.25) is 14.7 Å². The van der Waals surface area contributed by atoms with Crippen molar-refractivity contribution in [2.24, 2.45) is 0 Å². The first kappa shape index (κ1) is 23.3. The van der Waals surface area contributed by atoms with Crippen molar-refractivity contribution in [3.8, 4) is 22.8 Å². The Labute approximate surface area is 191 Å². The summed E-state index contributed by atoms with van der Waals surface area (Å²) in [6.45, 7) is 7.55. The molecule has 0 atom stereocenters. The molecule has 0 fully saturated rings. The van der Waals surface area contributed by atoms with Gasteiger partial charge in [0.25, 0.3) is 0 Å². The monoisotopic (exact) mass is 453 g/mol. The molecule has 3 rings (SSSR count). The Kier molecular flexibility index (Phi) is 7.19. The standard InChI is InChI=1S/C23H27N5O3S/c1-15-6-10-17(11-7-15)28-20(16-8-12-18(31-5)13-9-16)26-27-22(28)32-14-19(29)24-21(30)25-23(2,3)4/h6-13H,14H2,1-5H3,(H2,24,25,29,30). The molecule has 2 N–H and O–H groups in total. The van der Waals surface area contributed by atoms with Gasteiger partial charge in [0.1, 0.15) is 5.75 Å². The third-order valence-electron chi connectivity index (χ3n) is 4.35. The quantitative estimate of drug-likeness (QED) is 0.548. The molecule has 0 aliphatic heterocycles. The first-order valence-electron chi connectivity index (χ1n) is 10.1. The van der Waals surface area contributed by atoms with Crippen molar-refractivity contribution in [2.45, 2.75) is 38.4 Å². The van der Waals surface area contributed by atoms with E-state index in [1.54, 1.807) is 7.11 Å². The predicted octanol–water partition coefficient (Wildman–Crippen LogP) is 3.97. The van der Waals surface area contributed by atoms with Crippen LogP contribution in [0.25, 0.3) is 17.1 Å². The maximum atomic E-state index is 12.3. The molecule has 1 aromatic heterocycles. The number of carbonyl (C=O) groups excluding carboxylic acids is 2. The summed E-state index contributed by atoms with van der Waals surface area (Å²) in [5.41, 5.74) is 2.43. The Morgan fingerprint density at radius 1 is 1.03 bits per heavy atom. The van der Waals surface area contributed by atoms with Gasteiger partial charge in [-0.25, -0.2) is 4.79 Å². The molecule has 1 heterocycles. The van der Waals surface area contributed by atoms with E-state index < -0.39 is 17.5 Å². The summed E-state index contributed by atoms with van der Waals surface area (Å²) in [7, 11) is 1.62. The lowest BCUT2D eigenvalue weighted by atomic mass is 10.1. The van der Waals surface area contributed by atoms with Crippen molar-refractivity contribution in [3.63, 3.8) is 0 Å². The van der Waals surface area contributed by atoms with E-state index in [4.69, 9.17) is 4.74 Å².